The average molecular weight is 406 g/mol. The second kappa shape index (κ2) is 5.60. The first-order valence-electron chi connectivity index (χ1n) is 5.29. The lowest BCUT2D eigenvalue weighted by Gasteiger charge is -2.10. The highest BCUT2D eigenvalue weighted by Gasteiger charge is 2.19. The van der Waals surface area contributed by atoms with E-state index in [4.69, 9.17) is 0 Å². The van der Waals surface area contributed by atoms with Crippen LogP contribution in [0.3, 0.4) is 0 Å². The van der Waals surface area contributed by atoms with E-state index < -0.39 is 10.0 Å². The van der Waals surface area contributed by atoms with Crippen LogP contribution >= 0.6 is 31.9 Å². The van der Waals surface area contributed by atoms with Crippen LogP contribution in [0.25, 0.3) is 0 Å². The summed E-state index contributed by atoms with van der Waals surface area (Å²) >= 11 is 6.53. The summed E-state index contributed by atoms with van der Waals surface area (Å²) in [5, 5.41) is 0. The number of pyridine rings is 1. The van der Waals surface area contributed by atoms with Crippen LogP contribution in [0.4, 0.5) is 5.82 Å². The maximum absolute atomic E-state index is 12.3. The fraction of sp³-hybridized carbons (Fsp3) is 0.0833. The number of halogens is 2. The Kier molecular flexibility index (Phi) is 4.27. The SMILES string of the molecule is Cc1cccnc1NS(=O)(=O)c1ccc(Br)cc1Br. The Morgan fingerprint density at radius 1 is 1.21 bits per heavy atom. The molecule has 1 aromatic heterocycles. The van der Waals surface area contributed by atoms with Crippen LogP contribution in [0.1, 0.15) is 5.56 Å². The molecule has 0 saturated heterocycles. The van der Waals surface area contributed by atoms with Crippen molar-refractivity contribution in [2.45, 2.75) is 11.8 Å². The fourth-order valence-corrected chi connectivity index (χ4v) is 4.30. The van der Waals surface area contributed by atoms with Gasteiger partial charge in [0.05, 0.1) is 0 Å². The van der Waals surface area contributed by atoms with E-state index in [2.05, 4.69) is 41.6 Å². The zero-order valence-electron chi connectivity index (χ0n) is 9.89. The molecule has 2 aromatic rings. The minimum atomic E-state index is -3.66. The van der Waals surface area contributed by atoms with Gasteiger partial charge in [-0.15, -0.1) is 0 Å². The number of benzene rings is 1. The number of aromatic nitrogens is 1. The molecular weight excluding hydrogens is 396 g/mol. The fourth-order valence-electron chi connectivity index (χ4n) is 1.47. The van der Waals surface area contributed by atoms with Gasteiger partial charge in [-0.3, -0.25) is 4.72 Å². The third kappa shape index (κ3) is 3.34. The van der Waals surface area contributed by atoms with Gasteiger partial charge in [0.1, 0.15) is 10.7 Å². The standard InChI is InChI=1S/C12H10Br2N2O2S/c1-8-3-2-6-15-12(8)16-19(17,18)11-5-4-9(13)7-10(11)14/h2-7H,1H3,(H,15,16). The normalized spacial score (nSPS) is 11.3. The molecule has 7 heteroatoms. The Hall–Kier alpha value is -0.920. The van der Waals surface area contributed by atoms with Gasteiger partial charge in [0, 0.05) is 15.1 Å². The molecule has 0 aliphatic rings. The number of nitrogens with one attached hydrogen (secondary N) is 1. The summed E-state index contributed by atoms with van der Waals surface area (Å²) in [7, 11) is -3.66. The van der Waals surface area contributed by atoms with Crippen LogP contribution in [0.5, 0.6) is 0 Å². The molecule has 1 N–H and O–H groups in total. The molecule has 0 radical (unpaired) electrons. The zero-order chi connectivity index (χ0) is 14.0. The lowest BCUT2D eigenvalue weighted by Crippen LogP contribution is -2.15. The van der Waals surface area contributed by atoms with Gasteiger partial charge in [0.15, 0.2) is 0 Å². The van der Waals surface area contributed by atoms with Crippen molar-refractivity contribution in [3.8, 4) is 0 Å². The molecular formula is C12H10Br2N2O2S. The molecule has 0 atom stereocenters. The molecule has 0 fully saturated rings. The molecule has 0 bridgehead atoms. The van der Waals surface area contributed by atoms with Crippen LogP contribution in [0.2, 0.25) is 0 Å². The molecule has 1 aromatic carbocycles. The highest BCUT2D eigenvalue weighted by atomic mass is 79.9. The topological polar surface area (TPSA) is 59.1 Å². The summed E-state index contributed by atoms with van der Waals surface area (Å²) in [5.74, 6) is 0.331. The number of hydrogen-bond donors (Lipinski definition) is 1. The highest BCUT2D eigenvalue weighted by Crippen LogP contribution is 2.27. The minimum Gasteiger partial charge on any atom is -0.263 e. The summed E-state index contributed by atoms with van der Waals surface area (Å²) in [5.41, 5.74) is 0.763. The van der Waals surface area contributed by atoms with E-state index in [1.807, 2.05) is 0 Å². The Labute approximate surface area is 128 Å². The molecule has 0 aliphatic heterocycles. The van der Waals surface area contributed by atoms with Crippen LogP contribution < -0.4 is 4.72 Å². The van der Waals surface area contributed by atoms with Gasteiger partial charge in [0.2, 0.25) is 0 Å². The molecule has 0 saturated carbocycles. The van der Waals surface area contributed by atoms with Crippen LogP contribution in [-0.2, 0) is 10.0 Å². The van der Waals surface area contributed by atoms with Gasteiger partial charge in [-0.05, 0) is 52.7 Å². The number of hydrogen-bond acceptors (Lipinski definition) is 3. The summed E-state index contributed by atoms with van der Waals surface area (Å²) in [6.45, 7) is 1.79. The summed E-state index contributed by atoms with van der Waals surface area (Å²) in [6.07, 6.45) is 1.54. The number of rotatable bonds is 3. The molecule has 0 amide bonds. The van der Waals surface area contributed by atoms with E-state index in [0.29, 0.717) is 10.3 Å². The average Bonchev–Trinajstić information content (AvgIpc) is 2.31. The monoisotopic (exact) mass is 404 g/mol. The maximum atomic E-state index is 12.3. The predicted molar refractivity (Wildman–Crippen MR) is 81.6 cm³/mol. The first-order chi connectivity index (χ1) is 8.90. The highest BCUT2D eigenvalue weighted by molar-refractivity contribution is 9.11. The molecule has 100 valence electrons. The first-order valence-corrected chi connectivity index (χ1v) is 8.36. The second-order valence-electron chi connectivity index (χ2n) is 3.85. The lowest BCUT2D eigenvalue weighted by molar-refractivity contribution is 0.600. The molecule has 2 rings (SSSR count). The van der Waals surface area contributed by atoms with Gasteiger partial charge in [-0.25, -0.2) is 13.4 Å². The summed E-state index contributed by atoms with van der Waals surface area (Å²) < 4.78 is 28.3. The molecule has 0 spiro atoms. The third-order valence-corrected chi connectivity index (χ3v) is 5.23. The quantitative estimate of drug-likeness (QED) is 0.846. The van der Waals surface area contributed by atoms with E-state index in [0.717, 1.165) is 10.0 Å². The molecule has 1 heterocycles. The van der Waals surface area contributed by atoms with Gasteiger partial charge in [0.25, 0.3) is 10.0 Å². The molecule has 0 unspecified atom stereocenters. The van der Waals surface area contributed by atoms with Crippen LogP contribution in [0, 0.1) is 6.92 Å². The van der Waals surface area contributed by atoms with Gasteiger partial charge < -0.3 is 0 Å². The summed E-state index contributed by atoms with van der Waals surface area (Å²) in [4.78, 5) is 4.19. The van der Waals surface area contributed by atoms with Crippen molar-refractivity contribution in [2.24, 2.45) is 0 Å². The molecule has 0 aliphatic carbocycles. The van der Waals surface area contributed by atoms with E-state index >= 15 is 0 Å². The van der Waals surface area contributed by atoms with Crippen molar-refractivity contribution < 1.29 is 8.42 Å². The van der Waals surface area contributed by atoms with E-state index in [1.165, 1.54) is 6.07 Å². The van der Waals surface area contributed by atoms with E-state index in [9.17, 15) is 8.42 Å². The third-order valence-electron chi connectivity index (χ3n) is 2.42. The minimum absolute atomic E-state index is 0.167. The predicted octanol–water partition coefficient (Wildman–Crippen LogP) is 3.72. The van der Waals surface area contributed by atoms with Crippen LogP contribution in [-0.4, -0.2) is 13.4 Å². The summed E-state index contributed by atoms with van der Waals surface area (Å²) in [6, 6.07) is 8.42. The Bertz CT molecular complexity index is 717. The van der Waals surface area contributed by atoms with Crippen molar-refractivity contribution in [2.75, 3.05) is 4.72 Å². The van der Waals surface area contributed by atoms with Gasteiger partial charge in [-0.2, -0.15) is 0 Å². The van der Waals surface area contributed by atoms with Crippen molar-refractivity contribution in [3.63, 3.8) is 0 Å². The molecule has 19 heavy (non-hydrogen) atoms. The van der Waals surface area contributed by atoms with Gasteiger partial charge in [-0.1, -0.05) is 22.0 Å². The largest absolute Gasteiger partial charge is 0.264 e. The number of sulfonamides is 1. The van der Waals surface area contributed by atoms with Gasteiger partial charge >= 0.3 is 0 Å². The Balaban J connectivity index is 2.41. The number of nitrogens with zero attached hydrogens (tertiary/aromatic N) is 1. The molecule has 4 nitrogen and oxygen atoms in total. The number of aryl methyl sites for hydroxylation is 1. The van der Waals surface area contributed by atoms with Crippen molar-refractivity contribution >= 4 is 47.7 Å². The second-order valence-corrected chi connectivity index (χ2v) is 7.27. The Morgan fingerprint density at radius 2 is 1.95 bits per heavy atom. The first kappa shape index (κ1) is 14.5. The van der Waals surface area contributed by atoms with E-state index in [-0.39, 0.29) is 4.90 Å². The zero-order valence-corrected chi connectivity index (χ0v) is 13.9. The van der Waals surface area contributed by atoms with E-state index in [1.54, 1.807) is 37.4 Å². The van der Waals surface area contributed by atoms with Crippen molar-refractivity contribution in [1.82, 2.24) is 4.98 Å². The van der Waals surface area contributed by atoms with Crippen molar-refractivity contribution in [3.05, 3.63) is 51.0 Å². The van der Waals surface area contributed by atoms with Crippen LogP contribution in [0.15, 0.2) is 50.4 Å². The maximum Gasteiger partial charge on any atom is 0.264 e. The van der Waals surface area contributed by atoms with Crippen molar-refractivity contribution in [1.29, 1.82) is 0 Å². The number of anilines is 1. The smallest absolute Gasteiger partial charge is 0.263 e. The lowest BCUT2D eigenvalue weighted by atomic mass is 10.3. The Morgan fingerprint density at radius 3 is 2.58 bits per heavy atom.